The lowest BCUT2D eigenvalue weighted by Gasteiger charge is -2.32. The van der Waals surface area contributed by atoms with E-state index >= 15 is 0 Å². The normalized spacial score (nSPS) is 18.7. The van der Waals surface area contributed by atoms with Gasteiger partial charge >= 0.3 is 0 Å². The Hall–Kier alpha value is -2.44. The molecule has 162 valence electrons. The second-order valence-electron chi connectivity index (χ2n) is 7.83. The number of ether oxygens (including phenoxy) is 5. The van der Waals surface area contributed by atoms with Crippen LogP contribution in [0.3, 0.4) is 0 Å². The van der Waals surface area contributed by atoms with Crippen LogP contribution in [0.25, 0.3) is 0 Å². The number of nitrogens with zero attached hydrogens (tertiary/aromatic N) is 1. The quantitative estimate of drug-likeness (QED) is 0.718. The van der Waals surface area contributed by atoms with Gasteiger partial charge in [0, 0.05) is 26.2 Å². The molecule has 0 bridgehead atoms. The minimum absolute atomic E-state index is 0.0176. The van der Waals surface area contributed by atoms with E-state index in [4.69, 9.17) is 23.7 Å². The molecule has 0 spiro atoms. The Balaban J connectivity index is 1.57. The van der Waals surface area contributed by atoms with E-state index in [0.29, 0.717) is 0 Å². The van der Waals surface area contributed by atoms with E-state index in [1.807, 2.05) is 0 Å². The molecule has 0 saturated carbocycles. The number of hydrogen-bond acceptors (Lipinski definition) is 6. The zero-order valence-electron chi connectivity index (χ0n) is 18.3. The molecule has 0 saturated heterocycles. The van der Waals surface area contributed by atoms with E-state index < -0.39 is 0 Å². The molecule has 30 heavy (non-hydrogen) atoms. The largest absolute Gasteiger partial charge is 0.493 e. The highest BCUT2D eigenvalue weighted by Gasteiger charge is 2.27. The molecule has 1 atom stereocenters. The van der Waals surface area contributed by atoms with Gasteiger partial charge in [-0.2, -0.15) is 0 Å². The summed E-state index contributed by atoms with van der Waals surface area (Å²) in [7, 11) is 6.73. The van der Waals surface area contributed by atoms with Crippen molar-refractivity contribution in [1.29, 1.82) is 0 Å². The summed E-state index contributed by atoms with van der Waals surface area (Å²) in [6.07, 6.45) is 3.01. The molecular weight excluding hydrogens is 382 g/mol. The minimum atomic E-state index is 0.0176. The third kappa shape index (κ3) is 4.07. The van der Waals surface area contributed by atoms with Gasteiger partial charge in [0.2, 0.25) is 0 Å². The fourth-order valence-corrected chi connectivity index (χ4v) is 4.51. The van der Waals surface area contributed by atoms with Gasteiger partial charge in [0.15, 0.2) is 23.0 Å². The molecule has 0 radical (unpaired) electrons. The fourth-order valence-electron chi connectivity index (χ4n) is 4.51. The predicted molar refractivity (Wildman–Crippen MR) is 115 cm³/mol. The summed E-state index contributed by atoms with van der Waals surface area (Å²) >= 11 is 0. The first-order chi connectivity index (χ1) is 14.7. The van der Waals surface area contributed by atoms with E-state index in [1.54, 1.807) is 28.4 Å². The van der Waals surface area contributed by atoms with Crippen molar-refractivity contribution in [3.63, 3.8) is 0 Å². The van der Waals surface area contributed by atoms with Gasteiger partial charge < -0.3 is 23.7 Å². The van der Waals surface area contributed by atoms with Gasteiger partial charge in [-0.25, -0.2) is 0 Å². The minimum Gasteiger partial charge on any atom is -0.493 e. The first-order valence-corrected chi connectivity index (χ1v) is 10.5. The molecular formula is C24H31NO5. The first-order valence-electron chi connectivity index (χ1n) is 10.5. The van der Waals surface area contributed by atoms with Crippen LogP contribution in [-0.2, 0) is 24.1 Å². The van der Waals surface area contributed by atoms with Crippen molar-refractivity contribution < 1.29 is 23.7 Å². The number of hydrogen-bond donors (Lipinski definition) is 0. The van der Waals surface area contributed by atoms with Gasteiger partial charge in [-0.05, 0) is 65.8 Å². The SMILES string of the molecule is COc1cc2c(cc1OC)CN(CC1OCCCc3cc(OC)c(OC)cc31)CC2. The molecule has 2 aromatic carbocycles. The highest BCUT2D eigenvalue weighted by Crippen LogP contribution is 2.38. The van der Waals surface area contributed by atoms with Gasteiger partial charge in [0.05, 0.1) is 34.5 Å². The van der Waals surface area contributed by atoms with Crippen LogP contribution < -0.4 is 18.9 Å². The van der Waals surface area contributed by atoms with Crippen molar-refractivity contribution in [2.75, 3.05) is 48.1 Å². The number of rotatable bonds is 6. The summed E-state index contributed by atoms with van der Waals surface area (Å²) in [6.45, 7) is 3.47. The highest BCUT2D eigenvalue weighted by atomic mass is 16.5. The molecule has 0 aromatic heterocycles. The highest BCUT2D eigenvalue weighted by molar-refractivity contribution is 5.49. The average Bonchev–Trinajstić information content (AvgIpc) is 2.98. The van der Waals surface area contributed by atoms with Crippen molar-refractivity contribution in [3.8, 4) is 23.0 Å². The van der Waals surface area contributed by atoms with Gasteiger partial charge in [-0.3, -0.25) is 4.90 Å². The number of fused-ring (bicyclic) bond motifs is 2. The van der Waals surface area contributed by atoms with E-state index in [2.05, 4.69) is 29.2 Å². The van der Waals surface area contributed by atoms with Crippen molar-refractivity contribution >= 4 is 0 Å². The van der Waals surface area contributed by atoms with Gasteiger partial charge in [0.1, 0.15) is 0 Å². The van der Waals surface area contributed by atoms with Crippen LogP contribution in [0.1, 0.15) is 34.8 Å². The van der Waals surface area contributed by atoms with Crippen LogP contribution in [0.5, 0.6) is 23.0 Å². The number of aryl methyl sites for hydroxylation is 1. The maximum Gasteiger partial charge on any atom is 0.161 e. The Bertz CT molecular complexity index is 898. The lowest BCUT2D eigenvalue weighted by molar-refractivity contribution is 0.0248. The smallest absolute Gasteiger partial charge is 0.161 e. The van der Waals surface area contributed by atoms with E-state index in [9.17, 15) is 0 Å². The van der Waals surface area contributed by atoms with Crippen LogP contribution in [0.2, 0.25) is 0 Å². The van der Waals surface area contributed by atoms with E-state index in [1.165, 1.54) is 22.3 Å². The lowest BCUT2D eigenvalue weighted by Crippen LogP contribution is -2.34. The molecule has 0 N–H and O–H groups in total. The number of methoxy groups -OCH3 is 4. The molecule has 2 aromatic rings. The third-order valence-corrected chi connectivity index (χ3v) is 6.12. The summed E-state index contributed by atoms with van der Waals surface area (Å²) in [5, 5.41) is 0. The Labute approximate surface area is 178 Å². The molecule has 6 heteroatoms. The van der Waals surface area contributed by atoms with Gasteiger partial charge in [0.25, 0.3) is 0 Å². The molecule has 4 rings (SSSR count). The zero-order valence-corrected chi connectivity index (χ0v) is 18.3. The maximum atomic E-state index is 6.29. The van der Waals surface area contributed by atoms with Crippen molar-refractivity contribution in [2.24, 2.45) is 0 Å². The Morgan fingerprint density at radius 2 is 1.40 bits per heavy atom. The van der Waals surface area contributed by atoms with Crippen LogP contribution in [-0.4, -0.2) is 53.0 Å². The first kappa shape index (κ1) is 20.8. The summed E-state index contributed by atoms with van der Waals surface area (Å²) in [4.78, 5) is 2.46. The molecule has 2 aliphatic heterocycles. The van der Waals surface area contributed by atoms with Crippen LogP contribution in [0, 0.1) is 0 Å². The molecule has 6 nitrogen and oxygen atoms in total. The third-order valence-electron chi connectivity index (χ3n) is 6.12. The monoisotopic (exact) mass is 413 g/mol. The summed E-state index contributed by atoms with van der Waals surface area (Å²) in [5.41, 5.74) is 5.12. The summed E-state index contributed by atoms with van der Waals surface area (Å²) in [6, 6.07) is 8.42. The molecule has 2 aliphatic rings. The van der Waals surface area contributed by atoms with Crippen LogP contribution in [0.4, 0.5) is 0 Å². The zero-order chi connectivity index (χ0) is 21.1. The van der Waals surface area contributed by atoms with Crippen molar-refractivity contribution in [2.45, 2.75) is 31.9 Å². The molecule has 1 unspecified atom stereocenters. The Morgan fingerprint density at radius 1 is 0.800 bits per heavy atom. The lowest BCUT2D eigenvalue weighted by atomic mass is 9.96. The van der Waals surface area contributed by atoms with Crippen LogP contribution >= 0.6 is 0 Å². The summed E-state index contributed by atoms with van der Waals surface area (Å²) < 4.78 is 28.3. The average molecular weight is 414 g/mol. The topological polar surface area (TPSA) is 49.4 Å². The van der Waals surface area contributed by atoms with Crippen molar-refractivity contribution in [1.82, 2.24) is 4.90 Å². The standard InChI is InChI=1S/C24H31NO5/c1-26-20-10-16-7-8-25(14-18(16)12-22(20)28-3)15-24-19-13-23(29-4)21(27-2)11-17(19)6-5-9-30-24/h10-13,24H,5-9,14-15H2,1-4H3. The van der Waals surface area contributed by atoms with Crippen molar-refractivity contribution in [3.05, 3.63) is 46.5 Å². The summed E-state index contributed by atoms with van der Waals surface area (Å²) in [5.74, 6) is 3.12. The van der Waals surface area contributed by atoms with E-state index in [-0.39, 0.29) is 6.10 Å². The maximum absolute atomic E-state index is 6.29. The predicted octanol–water partition coefficient (Wildman–Crippen LogP) is 3.78. The molecule has 2 heterocycles. The van der Waals surface area contributed by atoms with Gasteiger partial charge in [-0.15, -0.1) is 0 Å². The second-order valence-corrected chi connectivity index (χ2v) is 7.83. The Morgan fingerprint density at radius 3 is 2.07 bits per heavy atom. The second kappa shape index (κ2) is 9.14. The Kier molecular flexibility index (Phi) is 6.35. The molecule has 0 amide bonds. The molecule has 0 fully saturated rings. The van der Waals surface area contributed by atoms with Crippen LogP contribution in [0.15, 0.2) is 24.3 Å². The number of benzene rings is 2. The van der Waals surface area contributed by atoms with E-state index in [0.717, 1.165) is 68.5 Å². The van der Waals surface area contributed by atoms with Gasteiger partial charge in [-0.1, -0.05) is 0 Å². The molecule has 0 aliphatic carbocycles. The fraction of sp³-hybridized carbons (Fsp3) is 0.500.